The summed E-state index contributed by atoms with van der Waals surface area (Å²) in [4.78, 5) is 0. The predicted molar refractivity (Wildman–Crippen MR) is 267 cm³/mol. The molecule has 510 valence electrons. The van der Waals surface area contributed by atoms with Gasteiger partial charge in [-0.1, -0.05) is 32.3 Å². The maximum absolute atomic E-state index is 17.3. The van der Waals surface area contributed by atoms with Gasteiger partial charge in [0.2, 0.25) is 5.82 Å². The van der Waals surface area contributed by atoms with Crippen LogP contribution in [-0.2, 0) is 0 Å². The Hall–Kier alpha value is -8.01. The summed E-state index contributed by atoms with van der Waals surface area (Å²) >= 11 is 0. The van der Waals surface area contributed by atoms with Gasteiger partial charge in [-0.15, -0.1) is 21.9 Å². The van der Waals surface area contributed by atoms with E-state index in [4.69, 9.17) is 0 Å². The van der Waals surface area contributed by atoms with Gasteiger partial charge in [-0.05, 0) is 47.0 Å². The molecule has 9 aromatic carbocycles. The fourth-order valence-electron chi connectivity index (χ4n) is 11.3. The monoisotopic (exact) mass is 1430 g/mol. The summed E-state index contributed by atoms with van der Waals surface area (Å²) in [7, 11) is -3.84. The lowest BCUT2D eigenvalue weighted by Crippen LogP contribution is -2.79. The van der Waals surface area contributed by atoms with E-state index in [0.717, 1.165) is 19.1 Å². The van der Waals surface area contributed by atoms with E-state index in [1.54, 1.807) is 6.92 Å². The second kappa shape index (κ2) is 25.2. The first-order chi connectivity index (χ1) is 43.9. The normalized spacial score (nSPS) is 12.9. The zero-order valence-electron chi connectivity index (χ0n) is 45.7. The highest BCUT2D eigenvalue weighted by Crippen LogP contribution is 2.63. The van der Waals surface area contributed by atoms with Crippen LogP contribution in [0, 0.1) is 175 Å². The van der Waals surface area contributed by atoms with Crippen molar-refractivity contribution in [3.8, 4) is 0 Å². The number of benzene rings is 9. The Balaban J connectivity index is 0.000000374. The number of alkyl halides is 6. The van der Waals surface area contributed by atoms with Gasteiger partial charge in [0, 0.05) is 6.42 Å². The van der Waals surface area contributed by atoms with Crippen LogP contribution < -0.4 is 27.2 Å². The van der Waals surface area contributed by atoms with Crippen molar-refractivity contribution in [3.05, 3.63) is 193 Å². The molecular formula is C57H22BF36P. The zero-order valence-corrected chi connectivity index (χ0v) is 46.7. The van der Waals surface area contributed by atoms with Gasteiger partial charge in [-0.25, -0.2) is 127 Å². The third kappa shape index (κ3) is 10.3. The van der Waals surface area contributed by atoms with Crippen molar-refractivity contribution in [2.45, 2.75) is 63.5 Å². The highest BCUT2D eigenvalue weighted by atomic mass is 31.1. The van der Waals surface area contributed by atoms with Gasteiger partial charge in [-0.2, -0.15) is 30.7 Å². The van der Waals surface area contributed by atoms with E-state index in [2.05, 4.69) is 0 Å². The van der Waals surface area contributed by atoms with Crippen LogP contribution in [0.5, 0.6) is 0 Å². The maximum Gasteiger partial charge on any atom is 0.424 e. The number of halogens is 36. The fraction of sp³-hybridized carbons (Fsp3) is 0.193. The summed E-state index contributed by atoms with van der Waals surface area (Å²) in [6.07, 6.45) is -9.02. The van der Waals surface area contributed by atoms with E-state index in [9.17, 15) is 52.7 Å². The van der Waals surface area contributed by atoms with E-state index in [1.165, 1.54) is 0 Å². The number of unbranched alkanes of at least 4 members (excludes halogenated alkanes) is 3. The van der Waals surface area contributed by atoms with Gasteiger partial charge in [0.05, 0.1) is 27.7 Å². The molecule has 0 heterocycles. The van der Waals surface area contributed by atoms with Gasteiger partial charge in [0.25, 0.3) is 0 Å². The molecule has 0 aromatic heterocycles. The van der Waals surface area contributed by atoms with E-state index >= 15 is 105 Å². The molecule has 0 N–H and O–H groups in total. The summed E-state index contributed by atoms with van der Waals surface area (Å²) < 4.78 is 559. The van der Waals surface area contributed by atoms with Crippen molar-refractivity contribution >= 4 is 84.3 Å². The Morgan fingerprint density at radius 2 is 0.526 bits per heavy atom. The molecule has 0 spiro atoms. The van der Waals surface area contributed by atoms with Crippen molar-refractivity contribution < 1.29 is 158 Å². The molecule has 0 aliphatic rings. The van der Waals surface area contributed by atoms with Crippen LogP contribution in [0.25, 0.3) is 43.1 Å². The Labute approximate surface area is 504 Å². The lowest BCUT2D eigenvalue weighted by atomic mass is 9.11. The van der Waals surface area contributed by atoms with Crippen LogP contribution in [0.3, 0.4) is 0 Å². The largest absolute Gasteiger partial charge is 0.424 e. The van der Waals surface area contributed by atoms with Gasteiger partial charge in [-0.3, -0.25) is 0 Å². The quantitative estimate of drug-likeness (QED) is 0.0254. The summed E-state index contributed by atoms with van der Waals surface area (Å²) in [5.74, 6) is -118. The Bertz CT molecular complexity index is 4230. The van der Waals surface area contributed by atoms with Crippen molar-refractivity contribution in [2.75, 3.05) is 6.16 Å². The second-order valence-corrected chi connectivity index (χ2v) is 23.2. The van der Waals surface area contributed by atoms with Gasteiger partial charge >= 0.3 is 17.5 Å². The minimum Gasteiger partial charge on any atom is -0.207 e. The zero-order chi connectivity index (χ0) is 71.8. The SMILES string of the molecule is CCCCCCC(F)(F)C(F)(F)C(F)(F)[PH+](CC)c1cccc(F)c1F.Fc1c(F)c(F)c2c([B-](c3c(F)c(F)c(F)c4c(F)c(F)c(F)c(F)c34)(c3c(F)c(F)c(F)c4c(F)c(F)c(F)c(F)c34)c3c(F)c(F)c(F)c4c(F)c(F)c(F)c(F)c34)c(F)c(F)c(F)c2c1F. The van der Waals surface area contributed by atoms with Crippen LogP contribution in [0.4, 0.5) is 158 Å². The Kier molecular flexibility index (Phi) is 19.3. The molecule has 9 aromatic rings. The molecule has 1 unspecified atom stereocenters. The van der Waals surface area contributed by atoms with Crippen molar-refractivity contribution in [1.82, 2.24) is 0 Å². The molecule has 0 saturated heterocycles. The standard InChI is InChI=1S/C40BF28.C17H21F8P/c42-13-1-5(21(50)37(66)33(13)62)17(46)29(58)25(54)9(1)41(10-2-6(18(47)30(59)26(10)55)22(51)38(67)34(63)14(2)43,11-3-7(19(48)31(60)27(11)56)23(52)39(68)35(64)15(3)44)12-4-8(20(49)32(61)28(12)57)24(53)40(69)36(65)16(4)45;1-3-5-6-7-11-15(20,21)16(22,23)17(24,25)26(4-2)13-10-8-9-12(18)14(13)19/h;8-10H,3-7,11H2,1-2H3/q-1;/p+1. The first-order valence-electron chi connectivity index (χ1n) is 25.8. The minimum absolute atomic E-state index is 0.220. The van der Waals surface area contributed by atoms with Crippen molar-refractivity contribution in [3.63, 3.8) is 0 Å². The molecule has 0 aliphatic heterocycles. The Morgan fingerprint density at radius 1 is 0.284 bits per heavy atom. The number of hydrogen-bond acceptors (Lipinski definition) is 0. The van der Waals surface area contributed by atoms with Gasteiger partial charge in [0.15, 0.2) is 145 Å². The fourth-order valence-corrected chi connectivity index (χ4v) is 13.7. The lowest BCUT2D eigenvalue weighted by molar-refractivity contribution is -0.280. The molecule has 0 bridgehead atoms. The van der Waals surface area contributed by atoms with E-state index in [0.29, 0.717) is 18.9 Å². The molecule has 0 radical (unpaired) electrons. The van der Waals surface area contributed by atoms with Crippen molar-refractivity contribution in [1.29, 1.82) is 0 Å². The summed E-state index contributed by atoms with van der Waals surface area (Å²) in [5.41, 5.74) is -20.7. The maximum atomic E-state index is 17.3. The number of fused-ring (bicyclic) bond motifs is 4. The molecule has 0 fully saturated rings. The minimum atomic E-state index is -8.05. The van der Waals surface area contributed by atoms with Crippen LogP contribution in [0.15, 0.2) is 18.2 Å². The molecule has 1 atom stereocenters. The molecule has 0 amide bonds. The van der Waals surface area contributed by atoms with Crippen LogP contribution >= 0.6 is 7.92 Å². The average Bonchev–Trinajstić information content (AvgIpc) is 0.663. The van der Waals surface area contributed by atoms with Crippen LogP contribution in [0.2, 0.25) is 0 Å². The highest BCUT2D eigenvalue weighted by Gasteiger charge is 2.77. The Morgan fingerprint density at radius 3 is 0.768 bits per heavy atom. The first kappa shape index (κ1) is 72.8. The molecule has 0 nitrogen and oxygen atoms in total. The molecular weight excluding hydrogens is 1410 g/mol. The average molecular weight is 1430 g/mol. The van der Waals surface area contributed by atoms with E-state index < -0.39 is 289 Å². The smallest absolute Gasteiger partial charge is 0.207 e. The summed E-state index contributed by atoms with van der Waals surface area (Å²) in [6, 6.07) is 2.29. The molecule has 38 heteroatoms. The predicted octanol–water partition coefficient (Wildman–Crippen LogP) is 18.2. The van der Waals surface area contributed by atoms with Gasteiger partial charge < -0.3 is 0 Å². The molecule has 0 aliphatic carbocycles. The third-order valence-corrected chi connectivity index (χ3v) is 18.3. The topological polar surface area (TPSA) is 0 Å². The number of rotatable bonds is 14. The summed E-state index contributed by atoms with van der Waals surface area (Å²) in [6.45, 7) is 2.85. The first-order valence-corrected chi connectivity index (χ1v) is 27.5. The third-order valence-electron chi connectivity index (χ3n) is 15.5. The van der Waals surface area contributed by atoms with E-state index in [1.807, 2.05) is 0 Å². The van der Waals surface area contributed by atoms with Gasteiger partial charge in [0.1, 0.15) is 42.6 Å². The molecule has 9 rings (SSSR count). The van der Waals surface area contributed by atoms with Crippen LogP contribution in [0.1, 0.15) is 46.0 Å². The summed E-state index contributed by atoms with van der Waals surface area (Å²) in [5, 5.41) is -27.9. The van der Waals surface area contributed by atoms with Crippen molar-refractivity contribution in [2.24, 2.45) is 0 Å². The molecule has 0 saturated carbocycles. The lowest BCUT2D eigenvalue weighted by Gasteiger charge is -2.47. The highest BCUT2D eigenvalue weighted by molar-refractivity contribution is 7.66. The molecule has 95 heavy (non-hydrogen) atoms. The van der Waals surface area contributed by atoms with E-state index in [-0.39, 0.29) is 12.8 Å². The van der Waals surface area contributed by atoms with Crippen LogP contribution in [-0.4, -0.2) is 29.8 Å². The second-order valence-electron chi connectivity index (χ2n) is 20.4. The number of hydrogen-bond donors (Lipinski definition) is 0.